The van der Waals surface area contributed by atoms with Gasteiger partial charge in [0.15, 0.2) is 0 Å². The molecule has 23 heavy (non-hydrogen) atoms. The van der Waals surface area contributed by atoms with E-state index in [0.717, 1.165) is 26.1 Å². The monoisotopic (exact) mass is 330 g/mol. The molecule has 0 bridgehead atoms. The standard InChI is InChI=1S/C13H30N3.C5H14N2/c1-6-9-16(12-7-10-14(2)3)13-8-11-15(4)5;1-7(2)5-3-4-6/h6H,7-13H2,1-5H3;3-6H2,1-2H3. The zero-order valence-corrected chi connectivity index (χ0v) is 17.0. The van der Waals surface area contributed by atoms with Gasteiger partial charge in [0, 0.05) is 6.54 Å². The predicted molar refractivity (Wildman–Crippen MR) is 105 cm³/mol. The van der Waals surface area contributed by atoms with Gasteiger partial charge in [-0.1, -0.05) is 6.92 Å². The Hall–Kier alpha value is -0.200. The topological polar surface area (TPSA) is 39.0 Å². The third-order valence-electron chi connectivity index (χ3n) is 3.41. The first-order chi connectivity index (χ1) is 10.8. The minimum atomic E-state index is 0.804. The van der Waals surface area contributed by atoms with E-state index < -0.39 is 0 Å². The fraction of sp³-hybridized carbons (Fsp3) is 0.944. The average Bonchev–Trinajstić information content (AvgIpc) is 2.45. The van der Waals surface area contributed by atoms with E-state index in [1.165, 1.54) is 39.0 Å². The van der Waals surface area contributed by atoms with Crippen LogP contribution in [0.15, 0.2) is 0 Å². The lowest BCUT2D eigenvalue weighted by atomic mass is 10.3. The molecule has 0 spiro atoms. The van der Waals surface area contributed by atoms with Crippen LogP contribution in [0.4, 0.5) is 0 Å². The van der Waals surface area contributed by atoms with Crippen molar-refractivity contribution >= 4 is 0 Å². The number of nitrogens with two attached hydrogens (primary N) is 1. The van der Waals surface area contributed by atoms with Crippen LogP contribution in [0.2, 0.25) is 0 Å². The van der Waals surface area contributed by atoms with Crippen molar-refractivity contribution in [3.8, 4) is 0 Å². The molecule has 0 heterocycles. The van der Waals surface area contributed by atoms with Crippen LogP contribution in [-0.4, -0.2) is 108 Å². The fourth-order valence-electron chi connectivity index (χ4n) is 2.18. The van der Waals surface area contributed by atoms with Crippen molar-refractivity contribution in [2.45, 2.75) is 26.2 Å². The molecule has 0 saturated carbocycles. The first kappa shape index (κ1) is 25.0. The molecule has 0 fully saturated rings. The van der Waals surface area contributed by atoms with Gasteiger partial charge in [0.25, 0.3) is 0 Å². The Bertz CT molecular complexity index is 205. The Kier molecular flexibility index (Phi) is 19.8. The normalized spacial score (nSPS) is 11.5. The number of rotatable bonds is 13. The van der Waals surface area contributed by atoms with Crippen molar-refractivity contribution in [1.82, 2.24) is 19.6 Å². The lowest BCUT2D eigenvalue weighted by molar-refractivity contribution is 0.255. The molecule has 0 rings (SSSR count). The summed E-state index contributed by atoms with van der Waals surface area (Å²) in [6.07, 6.45) is 5.89. The zero-order valence-electron chi connectivity index (χ0n) is 17.0. The van der Waals surface area contributed by atoms with Crippen LogP contribution in [0.5, 0.6) is 0 Å². The third kappa shape index (κ3) is 24.2. The van der Waals surface area contributed by atoms with Gasteiger partial charge in [-0.3, -0.25) is 0 Å². The van der Waals surface area contributed by atoms with E-state index in [9.17, 15) is 0 Å². The van der Waals surface area contributed by atoms with E-state index in [-0.39, 0.29) is 0 Å². The maximum Gasteiger partial charge on any atom is 0.00101 e. The summed E-state index contributed by atoms with van der Waals surface area (Å²) in [7, 11) is 12.7. The molecule has 0 aliphatic carbocycles. The molecule has 2 N–H and O–H groups in total. The van der Waals surface area contributed by atoms with Crippen LogP contribution in [0, 0.1) is 6.42 Å². The molecule has 0 amide bonds. The van der Waals surface area contributed by atoms with E-state index in [2.05, 4.69) is 75.2 Å². The summed E-state index contributed by atoms with van der Waals surface area (Å²) >= 11 is 0. The summed E-state index contributed by atoms with van der Waals surface area (Å²) < 4.78 is 0. The summed E-state index contributed by atoms with van der Waals surface area (Å²) in [4.78, 5) is 9.20. The van der Waals surface area contributed by atoms with Crippen LogP contribution in [0.25, 0.3) is 0 Å². The van der Waals surface area contributed by atoms with Crippen LogP contribution >= 0.6 is 0 Å². The summed E-state index contributed by atoms with van der Waals surface area (Å²) in [5.41, 5.74) is 5.25. The summed E-state index contributed by atoms with van der Waals surface area (Å²) in [5, 5.41) is 0. The Morgan fingerprint density at radius 1 is 0.652 bits per heavy atom. The van der Waals surface area contributed by atoms with Crippen molar-refractivity contribution < 1.29 is 0 Å². The number of hydrogen-bond acceptors (Lipinski definition) is 5. The van der Waals surface area contributed by atoms with Gasteiger partial charge in [-0.25, -0.2) is 0 Å². The van der Waals surface area contributed by atoms with Gasteiger partial charge < -0.3 is 25.3 Å². The SMILES string of the molecule is CN(C)CCCN.C[CH]CN(CCCN(C)C)CCCN(C)C. The molecule has 1 radical (unpaired) electrons. The first-order valence-corrected chi connectivity index (χ1v) is 8.97. The van der Waals surface area contributed by atoms with Crippen LogP contribution < -0.4 is 5.73 Å². The van der Waals surface area contributed by atoms with Gasteiger partial charge >= 0.3 is 0 Å². The lowest BCUT2D eigenvalue weighted by Gasteiger charge is -2.23. The molecule has 0 aromatic rings. The quantitative estimate of drug-likeness (QED) is 0.551. The van der Waals surface area contributed by atoms with Gasteiger partial charge in [-0.15, -0.1) is 0 Å². The van der Waals surface area contributed by atoms with Gasteiger partial charge in [0.1, 0.15) is 0 Å². The van der Waals surface area contributed by atoms with Crippen LogP contribution in [-0.2, 0) is 0 Å². The highest BCUT2D eigenvalue weighted by molar-refractivity contribution is 4.67. The molecule has 5 heteroatoms. The highest BCUT2D eigenvalue weighted by Gasteiger charge is 2.04. The van der Waals surface area contributed by atoms with E-state index >= 15 is 0 Å². The van der Waals surface area contributed by atoms with Crippen molar-refractivity contribution in [3.05, 3.63) is 6.42 Å². The lowest BCUT2D eigenvalue weighted by Crippen LogP contribution is -2.31. The van der Waals surface area contributed by atoms with Crippen molar-refractivity contribution in [2.24, 2.45) is 5.73 Å². The largest absolute Gasteiger partial charge is 0.330 e. The van der Waals surface area contributed by atoms with E-state index in [0.29, 0.717) is 0 Å². The summed E-state index contributed by atoms with van der Waals surface area (Å²) in [6.45, 7) is 9.99. The minimum absolute atomic E-state index is 0.804. The predicted octanol–water partition coefficient (Wildman–Crippen LogP) is 1.31. The van der Waals surface area contributed by atoms with Crippen molar-refractivity contribution in [1.29, 1.82) is 0 Å². The summed E-state index contributed by atoms with van der Waals surface area (Å²) in [6, 6.07) is 0. The second-order valence-corrected chi connectivity index (χ2v) is 6.97. The van der Waals surface area contributed by atoms with Gasteiger partial charge in [0.05, 0.1) is 0 Å². The molecule has 0 aromatic heterocycles. The average molecular weight is 331 g/mol. The molecule has 0 aliphatic heterocycles. The van der Waals surface area contributed by atoms with Crippen molar-refractivity contribution in [3.63, 3.8) is 0 Å². The molecule has 0 aromatic carbocycles. The van der Waals surface area contributed by atoms with Crippen LogP contribution in [0.3, 0.4) is 0 Å². The molecule has 0 unspecified atom stereocenters. The molecule has 0 aliphatic rings. The highest BCUT2D eigenvalue weighted by Crippen LogP contribution is 1.97. The Labute approximate surface area is 146 Å². The maximum atomic E-state index is 5.25. The smallest absolute Gasteiger partial charge is 0.00101 e. The highest BCUT2D eigenvalue weighted by atomic mass is 15.1. The number of nitrogens with zero attached hydrogens (tertiary/aromatic N) is 4. The molecular weight excluding hydrogens is 286 g/mol. The molecule has 141 valence electrons. The van der Waals surface area contributed by atoms with Gasteiger partial charge in [-0.2, -0.15) is 0 Å². The van der Waals surface area contributed by atoms with E-state index in [4.69, 9.17) is 5.73 Å². The summed E-state index contributed by atoms with van der Waals surface area (Å²) in [5.74, 6) is 0. The number of hydrogen-bond donors (Lipinski definition) is 1. The van der Waals surface area contributed by atoms with Gasteiger partial charge in [-0.05, 0) is 107 Å². The second-order valence-electron chi connectivity index (χ2n) is 6.97. The fourth-order valence-corrected chi connectivity index (χ4v) is 2.18. The molecule has 0 atom stereocenters. The van der Waals surface area contributed by atoms with Crippen LogP contribution in [0.1, 0.15) is 26.2 Å². The molecule has 5 nitrogen and oxygen atoms in total. The minimum Gasteiger partial charge on any atom is -0.330 e. The zero-order chi connectivity index (χ0) is 18.1. The molecule has 0 saturated heterocycles. The van der Waals surface area contributed by atoms with E-state index in [1.54, 1.807) is 0 Å². The van der Waals surface area contributed by atoms with E-state index in [1.807, 2.05) is 0 Å². The second kappa shape index (κ2) is 18.1. The maximum absolute atomic E-state index is 5.25. The Balaban J connectivity index is 0. The molecular formula is C18H44N5. The van der Waals surface area contributed by atoms with Gasteiger partial charge in [0.2, 0.25) is 0 Å². The Morgan fingerprint density at radius 2 is 1.04 bits per heavy atom. The van der Waals surface area contributed by atoms with Crippen molar-refractivity contribution in [2.75, 3.05) is 88.1 Å². The first-order valence-electron chi connectivity index (χ1n) is 8.97. The Morgan fingerprint density at radius 3 is 1.30 bits per heavy atom. The third-order valence-corrected chi connectivity index (χ3v) is 3.41.